The number of amides is 1. The third-order valence-corrected chi connectivity index (χ3v) is 6.37. The zero-order valence-corrected chi connectivity index (χ0v) is 19.7. The summed E-state index contributed by atoms with van der Waals surface area (Å²) in [5.74, 6) is 0.241. The second kappa shape index (κ2) is 10.0. The Morgan fingerprint density at radius 2 is 1.88 bits per heavy atom. The smallest absolute Gasteiger partial charge is 0.271 e. The van der Waals surface area contributed by atoms with Crippen molar-refractivity contribution in [1.82, 2.24) is 19.7 Å². The van der Waals surface area contributed by atoms with Gasteiger partial charge in [-0.1, -0.05) is 41.6 Å². The van der Waals surface area contributed by atoms with Crippen LogP contribution in [0.5, 0.6) is 0 Å². The van der Waals surface area contributed by atoms with Gasteiger partial charge in [0.2, 0.25) is 5.91 Å². The van der Waals surface area contributed by atoms with Crippen molar-refractivity contribution in [2.24, 2.45) is 0 Å². The predicted octanol–water partition coefficient (Wildman–Crippen LogP) is 5.32. The topological polar surface area (TPSA) is 116 Å². The number of halogens is 1. The van der Waals surface area contributed by atoms with Crippen molar-refractivity contribution in [3.63, 3.8) is 0 Å². The predicted molar refractivity (Wildman–Crippen MR) is 131 cm³/mol. The summed E-state index contributed by atoms with van der Waals surface area (Å²) in [6.07, 6.45) is 3.36. The molecule has 172 valence electrons. The summed E-state index contributed by atoms with van der Waals surface area (Å²) < 4.78 is 1.90. The fourth-order valence-corrected chi connectivity index (χ4v) is 4.26. The van der Waals surface area contributed by atoms with E-state index in [4.69, 9.17) is 11.6 Å². The van der Waals surface area contributed by atoms with Gasteiger partial charge in [-0.05, 0) is 43.7 Å². The zero-order valence-electron chi connectivity index (χ0n) is 18.2. The largest absolute Gasteiger partial charge is 0.324 e. The van der Waals surface area contributed by atoms with Gasteiger partial charge in [-0.2, -0.15) is 0 Å². The van der Waals surface area contributed by atoms with Gasteiger partial charge >= 0.3 is 0 Å². The Morgan fingerprint density at radius 3 is 2.59 bits per heavy atom. The number of nitrogens with one attached hydrogen (secondary N) is 1. The van der Waals surface area contributed by atoms with E-state index in [0.717, 1.165) is 16.8 Å². The summed E-state index contributed by atoms with van der Waals surface area (Å²) in [6, 6.07) is 15.4. The molecule has 0 bridgehead atoms. The van der Waals surface area contributed by atoms with Gasteiger partial charge in [0.15, 0.2) is 11.0 Å². The van der Waals surface area contributed by atoms with E-state index in [9.17, 15) is 14.9 Å². The van der Waals surface area contributed by atoms with Gasteiger partial charge < -0.3 is 5.32 Å². The summed E-state index contributed by atoms with van der Waals surface area (Å²) in [6.45, 7) is 3.70. The summed E-state index contributed by atoms with van der Waals surface area (Å²) in [5.41, 5.74) is 2.74. The second-order valence-corrected chi connectivity index (χ2v) is 9.05. The maximum absolute atomic E-state index is 12.9. The molecular formula is C23H19ClN6O3S. The van der Waals surface area contributed by atoms with E-state index >= 15 is 0 Å². The van der Waals surface area contributed by atoms with Gasteiger partial charge in [0.05, 0.1) is 26.6 Å². The minimum absolute atomic E-state index is 0.165. The normalized spacial score (nSPS) is 11.7. The highest BCUT2D eigenvalue weighted by Gasteiger charge is 2.23. The number of thioether (sulfide) groups is 1. The number of hydrogen-bond donors (Lipinski definition) is 1. The molecule has 0 saturated heterocycles. The fraction of sp³-hybridized carbons (Fsp3) is 0.130. The van der Waals surface area contributed by atoms with E-state index in [0.29, 0.717) is 11.0 Å². The first kappa shape index (κ1) is 23.4. The molecule has 0 aliphatic carbocycles. The molecule has 2 aromatic heterocycles. The van der Waals surface area contributed by atoms with Crippen LogP contribution >= 0.6 is 23.4 Å². The molecule has 0 aliphatic rings. The standard InChI is InChI=1S/C23H19ClN6O3S/c1-14-5-3-4-6-20(14)29-21(16-9-11-25-12-10-16)27-28-23(29)34-15(2)22(31)26-19-13-17(30(32)33)7-8-18(19)24/h3-13,15H,1-2H3,(H,26,31). The Labute approximate surface area is 204 Å². The molecule has 1 atom stereocenters. The molecule has 0 saturated carbocycles. The maximum atomic E-state index is 12.9. The van der Waals surface area contributed by atoms with Gasteiger partial charge in [-0.15, -0.1) is 10.2 Å². The number of nitro groups is 1. The van der Waals surface area contributed by atoms with E-state index < -0.39 is 10.2 Å². The molecule has 0 fully saturated rings. The van der Waals surface area contributed by atoms with Crippen LogP contribution in [0.4, 0.5) is 11.4 Å². The first-order valence-electron chi connectivity index (χ1n) is 10.2. The van der Waals surface area contributed by atoms with Crippen molar-refractivity contribution in [2.45, 2.75) is 24.3 Å². The lowest BCUT2D eigenvalue weighted by molar-refractivity contribution is -0.384. The number of aromatic nitrogens is 4. The van der Waals surface area contributed by atoms with Crippen LogP contribution < -0.4 is 5.32 Å². The van der Waals surface area contributed by atoms with Crippen LogP contribution in [0.1, 0.15) is 12.5 Å². The number of pyridine rings is 1. The molecule has 34 heavy (non-hydrogen) atoms. The lowest BCUT2D eigenvalue weighted by Gasteiger charge is -2.15. The van der Waals surface area contributed by atoms with Crippen molar-refractivity contribution in [1.29, 1.82) is 0 Å². The molecule has 0 spiro atoms. The fourth-order valence-electron chi connectivity index (χ4n) is 3.23. The summed E-state index contributed by atoms with van der Waals surface area (Å²) in [5, 5.41) is 22.6. The van der Waals surface area contributed by atoms with Crippen LogP contribution in [0, 0.1) is 17.0 Å². The number of carbonyl (C=O) groups excluding carboxylic acids is 1. The first-order chi connectivity index (χ1) is 16.3. The minimum Gasteiger partial charge on any atom is -0.324 e. The number of nitrogens with zero attached hydrogens (tertiary/aromatic N) is 5. The SMILES string of the molecule is Cc1ccccc1-n1c(SC(C)C(=O)Nc2cc([N+](=O)[O-])ccc2Cl)nnc1-c1ccncc1. The summed E-state index contributed by atoms with van der Waals surface area (Å²) in [4.78, 5) is 27.5. The lowest BCUT2D eigenvalue weighted by Crippen LogP contribution is -2.23. The van der Waals surface area contributed by atoms with Crippen LogP contribution in [0.15, 0.2) is 72.1 Å². The second-order valence-electron chi connectivity index (χ2n) is 7.33. The average Bonchev–Trinajstić information content (AvgIpc) is 3.24. The van der Waals surface area contributed by atoms with Crippen molar-refractivity contribution in [2.75, 3.05) is 5.32 Å². The number of benzene rings is 2. The summed E-state index contributed by atoms with van der Waals surface area (Å²) >= 11 is 7.35. The molecule has 0 radical (unpaired) electrons. The van der Waals surface area contributed by atoms with Gasteiger partial charge in [-0.25, -0.2) is 0 Å². The number of nitro benzene ring substituents is 1. The van der Waals surface area contributed by atoms with Crippen LogP contribution in [-0.4, -0.2) is 35.8 Å². The monoisotopic (exact) mass is 494 g/mol. The molecule has 9 nitrogen and oxygen atoms in total. The van der Waals surface area contributed by atoms with Crippen molar-refractivity contribution in [3.8, 4) is 17.1 Å². The molecule has 2 aromatic carbocycles. The van der Waals surface area contributed by atoms with Crippen LogP contribution in [0.25, 0.3) is 17.1 Å². The minimum atomic E-state index is -0.604. The Balaban J connectivity index is 1.65. The quantitative estimate of drug-likeness (QED) is 0.210. The molecule has 1 N–H and O–H groups in total. The zero-order chi connectivity index (χ0) is 24.2. The Bertz CT molecular complexity index is 1360. The molecule has 1 amide bonds. The number of carbonyl (C=O) groups is 1. The molecular weight excluding hydrogens is 476 g/mol. The van der Waals surface area contributed by atoms with Crippen LogP contribution in [-0.2, 0) is 4.79 Å². The number of hydrogen-bond acceptors (Lipinski definition) is 7. The Hall–Kier alpha value is -3.76. The van der Waals surface area contributed by atoms with E-state index in [1.165, 1.54) is 30.0 Å². The third-order valence-electron chi connectivity index (χ3n) is 5.00. The molecule has 11 heteroatoms. The summed E-state index contributed by atoms with van der Waals surface area (Å²) in [7, 11) is 0. The Morgan fingerprint density at radius 1 is 1.15 bits per heavy atom. The highest BCUT2D eigenvalue weighted by molar-refractivity contribution is 8.00. The number of anilines is 1. The maximum Gasteiger partial charge on any atom is 0.271 e. The molecule has 4 aromatic rings. The molecule has 4 rings (SSSR count). The number of aryl methyl sites for hydroxylation is 1. The number of rotatable bonds is 7. The highest BCUT2D eigenvalue weighted by Crippen LogP contribution is 2.32. The van der Waals surface area contributed by atoms with Crippen molar-refractivity contribution >= 4 is 40.6 Å². The van der Waals surface area contributed by atoms with E-state index in [-0.39, 0.29) is 22.3 Å². The van der Waals surface area contributed by atoms with Crippen molar-refractivity contribution < 1.29 is 9.72 Å². The Kier molecular flexibility index (Phi) is 6.90. The number of para-hydroxylation sites is 1. The highest BCUT2D eigenvalue weighted by atomic mass is 35.5. The van der Waals surface area contributed by atoms with Crippen molar-refractivity contribution in [3.05, 3.63) is 87.7 Å². The number of non-ortho nitro benzene ring substituents is 1. The van der Waals surface area contributed by atoms with Gasteiger partial charge in [0.1, 0.15) is 0 Å². The van der Waals surface area contributed by atoms with E-state index in [1.807, 2.05) is 47.9 Å². The average molecular weight is 495 g/mol. The van der Waals surface area contributed by atoms with E-state index in [1.54, 1.807) is 19.3 Å². The van der Waals surface area contributed by atoms with E-state index in [2.05, 4.69) is 20.5 Å². The van der Waals surface area contributed by atoms with Crippen LogP contribution in [0.3, 0.4) is 0 Å². The van der Waals surface area contributed by atoms with Gasteiger partial charge in [0, 0.05) is 30.1 Å². The molecule has 1 unspecified atom stereocenters. The molecule has 0 aliphatic heterocycles. The van der Waals surface area contributed by atoms with Gasteiger partial charge in [0.25, 0.3) is 5.69 Å². The first-order valence-corrected chi connectivity index (χ1v) is 11.4. The van der Waals surface area contributed by atoms with Gasteiger partial charge in [-0.3, -0.25) is 24.5 Å². The third kappa shape index (κ3) is 4.92. The van der Waals surface area contributed by atoms with Crippen LogP contribution in [0.2, 0.25) is 5.02 Å². The molecule has 2 heterocycles. The lowest BCUT2D eigenvalue weighted by atomic mass is 10.2.